The van der Waals surface area contributed by atoms with Crippen molar-refractivity contribution in [1.29, 1.82) is 0 Å². The van der Waals surface area contributed by atoms with Gasteiger partial charge in [-0.1, -0.05) is 75.4 Å². The molecule has 1 aliphatic rings. The van der Waals surface area contributed by atoms with Gasteiger partial charge >= 0.3 is 5.97 Å². The Morgan fingerprint density at radius 2 is 1.83 bits per heavy atom. The summed E-state index contributed by atoms with van der Waals surface area (Å²) in [4.78, 5) is 36.8. The third-order valence-electron chi connectivity index (χ3n) is 4.67. The smallest absolute Gasteiger partial charge is 0.322 e. The number of unbranched alkanes of at least 4 members (excludes halogenated alkanes) is 2. The van der Waals surface area contributed by atoms with Crippen LogP contribution in [0.3, 0.4) is 0 Å². The number of nitrogens with zero attached hydrogens (tertiary/aromatic N) is 1. The number of nitrogens with one attached hydrogen (secondary N) is 1. The van der Waals surface area contributed by atoms with E-state index in [1.807, 2.05) is 18.2 Å². The zero-order valence-corrected chi connectivity index (χ0v) is 19.2. The van der Waals surface area contributed by atoms with Gasteiger partial charge in [-0.05, 0) is 35.5 Å². The molecular formula is C22H28N2O4S2. The summed E-state index contributed by atoms with van der Waals surface area (Å²) in [5, 5.41) is 10.9. The molecule has 0 aromatic heterocycles. The lowest BCUT2D eigenvalue weighted by molar-refractivity contribution is -0.137. The van der Waals surface area contributed by atoms with Crippen molar-refractivity contribution in [3.8, 4) is 0 Å². The average Bonchev–Trinajstić information content (AvgIpc) is 2.93. The molecule has 6 nitrogen and oxygen atoms in total. The van der Waals surface area contributed by atoms with Crippen molar-refractivity contribution in [2.45, 2.75) is 51.9 Å². The summed E-state index contributed by atoms with van der Waals surface area (Å²) in [6, 6.07) is 8.20. The lowest BCUT2D eigenvalue weighted by Crippen LogP contribution is -2.29. The molecular weight excluding hydrogens is 420 g/mol. The summed E-state index contributed by atoms with van der Waals surface area (Å²) >= 11 is 6.68. The van der Waals surface area contributed by atoms with Crippen LogP contribution < -0.4 is 5.32 Å². The van der Waals surface area contributed by atoms with E-state index in [1.165, 1.54) is 17.3 Å². The zero-order chi connectivity index (χ0) is 22.3. The van der Waals surface area contributed by atoms with E-state index in [-0.39, 0.29) is 30.2 Å². The van der Waals surface area contributed by atoms with Crippen LogP contribution in [0.2, 0.25) is 0 Å². The number of thioether (sulfide) groups is 1. The van der Waals surface area contributed by atoms with Gasteiger partial charge in [0.2, 0.25) is 5.91 Å². The summed E-state index contributed by atoms with van der Waals surface area (Å²) in [7, 11) is 0. The minimum atomic E-state index is -1.06. The molecule has 1 aromatic carbocycles. The molecule has 0 aliphatic carbocycles. The largest absolute Gasteiger partial charge is 0.480 e. The number of thiocarbonyl (C=S) groups is 1. The van der Waals surface area contributed by atoms with Gasteiger partial charge in [0, 0.05) is 13.0 Å². The van der Waals surface area contributed by atoms with Crippen LogP contribution >= 0.6 is 24.0 Å². The summed E-state index contributed by atoms with van der Waals surface area (Å²) < 4.78 is 0.553. The number of hydrogen-bond acceptors (Lipinski definition) is 5. The van der Waals surface area contributed by atoms with Crippen LogP contribution in [0.4, 0.5) is 0 Å². The van der Waals surface area contributed by atoms with E-state index in [2.05, 4.69) is 38.2 Å². The predicted molar refractivity (Wildman–Crippen MR) is 124 cm³/mol. The molecule has 8 heteroatoms. The first kappa shape index (κ1) is 24.1. The van der Waals surface area contributed by atoms with E-state index in [1.54, 1.807) is 4.90 Å². The highest BCUT2D eigenvalue weighted by atomic mass is 32.2. The molecule has 0 atom stereocenters. The van der Waals surface area contributed by atoms with Crippen molar-refractivity contribution in [2.24, 2.45) is 0 Å². The van der Waals surface area contributed by atoms with Gasteiger partial charge in [0.25, 0.3) is 5.91 Å². The minimum absolute atomic E-state index is 0.0795. The van der Waals surface area contributed by atoms with Crippen LogP contribution in [0.15, 0.2) is 29.2 Å². The second-order valence-electron chi connectivity index (χ2n) is 8.19. The van der Waals surface area contributed by atoms with Gasteiger partial charge in [-0.2, -0.15) is 0 Å². The Bertz CT molecular complexity index is 842. The Kier molecular flexibility index (Phi) is 8.61. The second-order valence-corrected chi connectivity index (χ2v) is 9.86. The van der Waals surface area contributed by atoms with Gasteiger partial charge in [-0.25, -0.2) is 0 Å². The molecule has 30 heavy (non-hydrogen) atoms. The first-order chi connectivity index (χ1) is 14.1. The van der Waals surface area contributed by atoms with Gasteiger partial charge in [0.05, 0.1) is 4.91 Å². The van der Waals surface area contributed by atoms with Crippen LogP contribution in [0, 0.1) is 0 Å². The van der Waals surface area contributed by atoms with E-state index in [9.17, 15) is 14.4 Å². The Balaban J connectivity index is 1.82. The summed E-state index contributed by atoms with van der Waals surface area (Å²) in [5.74, 6) is -1.41. The summed E-state index contributed by atoms with van der Waals surface area (Å²) in [6.45, 7) is 6.64. The van der Waals surface area contributed by atoms with E-state index < -0.39 is 5.97 Å². The minimum Gasteiger partial charge on any atom is -0.480 e. The number of carboxylic acid groups (broad SMARTS) is 1. The van der Waals surface area contributed by atoms with E-state index in [4.69, 9.17) is 17.3 Å². The number of carbonyl (C=O) groups is 3. The van der Waals surface area contributed by atoms with Crippen LogP contribution in [-0.2, 0) is 19.8 Å². The SMILES string of the molecule is CC(C)(C)c1ccc(/C=C2\SC(=S)N(CCCCCC(=O)NCC(=O)O)C2=O)cc1. The monoisotopic (exact) mass is 448 g/mol. The number of carbonyl (C=O) groups excluding carboxylic acids is 2. The second kappa shape index (κ2) is 10.7. The first-order valence-electron chi connectivity index (χ1n) is 9.92. The third kappa shape index (κ3) is 7.25. The molecule has 2 N–H and O–H groups in total. The molecule has 1 heterocycles. The highest BCUT2D eigenvalue weighted by Gasteiger charge is 2.31. The molecule has 1 aliphatic heterocycles. The van der Waals surface area contributed by atoms with Crippen LogP contribution in [-0.4, -0.2) is 45.2 Å². The highest BCUT2D eigenvalue weighted by Crippen LogP contribution is 2.33. The average molecular weight is 449 g/mol. The maximum absolute atomic E-state index is 12.7. The lowest BCUT2D eigenvalue weighted by Gasteiger charge is -2.18. The number of rotatable bonds is 9. The van der Waals surface area contributed by atoms with Crippen molar-refractivity contribution in [3.05, 3.63) is 40.3 Å². The number of hydrogen-bond donors (Lipinski definition) is 2. The number of amides is 2. The van der Waals surface area contributed by atoms with Crippen molar-refractivity contribution < 1.29 is 19.5 Å². The predicted octanol–water partition coefficient (Wildman–Crippen LogP) is 3.95. The maximum Gasteiger partial charge on any atom is 0.322 e. The molecule has 1 saturated heterocycles. The molecule has 1 aromatic rings. The van der Waals surface area contributed by atoms with Gasteiger partial charge < -0.3 is 10.4 Å². The lowest BCUT2D eigenvalue weighted by atomic mass is 9.87. The molecule has 0 bridgehead atoms. The fourth-order valence-corrected chi connectivity index (χ4v) is 4.23. The fraction of sp³-hybridized carbons (Fsp3) is 0.455. The molecule has 2 amide bonds. The maximum atomic E-state index is 12.7. The normalized spacial score (nSPS) is 15.7. The van der Waals surface area contributed by atoms with Crippen molar-refractivity contribution >= 4 is 52.2 Å². The van der Waals surface area contributed by atoms with Gasteiger partial charge in [0.1, 0.15) is 10.9 Å². The quantitative estimate of drug-likeness (QED) is 0.338. The Labute approximate surface area is 187 Å². The number of carboxylic acids is 1. The molecule has 1 fully saturated rings. The van der Waals surface area contributed by atoms with Crippen molar-refractivity contribution in [1.82, 2.24) is 10.2 Å². The Morgan fingerprint density at radius 3 is 2.43 bits per heavy atom. The Morgan fingerprint density at radius 1 is 1.17 bits per heavy atom. The van der Waals surface area contributed by atoms with Crippen molar-refractivity contribution in [2.75, 3.05) is 13.1 Å². The molecule has 0 spiro atoms. The van der Waals surface area contributed by atoms with Crippen LogP contribution in [0.25, 0.3) is 6.08 Å². The Hall–Kier alpha value is -2.19. The first-order valence-corrected chi connectivity index (χ1v) is 11.1. The topological polar surface area (TPSA) is 86.7 Å². The van der Waals surface area contributed by atoms with Gasteiger partial charge in [-0.3, -0.25) is 19.3 Å². The zero-order valence-electron chi connectivity index (χ0n) is 17.6. The summed E-state index contributed by atoms with van der Waals surface area (Å²) in [6.07, 6.45) is 4.27. The molecule has 162 valence electrons. The molecule has 0 saturated carbocycles. The summed E-state index contributed by atoms with van der Waals surface area (Å²) in [5.41, 5.74) is 2.29. The van der Waals surface area contributed by atoms with E-state index in [0.29, 0.717) is 22.2 Å². The van der Waals surface area contributed by atoms with E-state index >= 15 is 0 Å². The molecule has 2 rings (SSSR count). The third-order valence-corrected chi connectivity index (χ3v) is 6.05. The van der Waals surface area contributed by atoms with Crippen LogP contribution in [0.5, 0.6) is 0 Å². The molecule has 0 unspecified atom stereocenters. The fourth-order valence-electron chi connectivity index (χ4n) is 2.92. The number of benzene rings is 1. The van der Waals surface area contributed by atoms with E-state index in [0.717, 1.165) is 18.4 Å². The molecule has 0 radical (unpaired) electrons. The van der Waals surface area contributed by atoms with Gasteiger partial charge in [0.15, 0.2) is 0 Å². The number of aliphatic carboxylic acids is 1. The highest BCUT2D eigenvalue weighted by molar-refractivity contribution is 8.26. The standard InChI is InChI=1S/C22H28N2O4S2/c1-22(2,3)16-10-8-15(9-11-16)13-17-20(28)24(21(29)30-17)12-6-4-5-7-18(25)23-14-19(26)27/h8-11,13H,4-7,12,14H2,1-3H3,(H,23,25)(H,26,27)/b17-13-. The van der Waals surface area contributed by atoms with Crippen LogP contribution in [0.1, 0.15) is 57.6 Å². The van der Waals surface area contributed by atoms with Crippen molar-refractivity contribution in [3.63, 3.8) is 0 Å². The van der Waals surface area contributed by atoms with Gasteiger partial charge in [-0.15, -0.1) is 0 Å².